The molecule has 1 aliphatic rings. The number of piperidine rings is 1. The molecular formula is C22H28N2O2. The van der Waals surface area contributed by atoms with Gasteiger partial charge in [0, 0.05) is 19.8 Å². The number of rotatable bonds is 5. The summed E-state index contributed by atoms with van der Waals surface area (Å²) in [6.07, 6.45) is 1.43. The number of aliphatic carboxylic acids is 1. The second kappa shape index (κ2) is 7.92. The van der Waals surface area contributed by atoms with Crippen LogP contribution in [0.4, 0.5) is 5.69 Å². The minimum Gasteiger partial charge on any atom is -0.481 e. The van der Waals surface area contributed by atoms with Gasteiger partial charge in [0.25, 0.3) is 0 Å². The first kappa shape index (κ1) is 18.5. The molecule has 1 N–H and O–H groups in total. The van der Waals surface area contributed by atoms with Gasteiger partial charge in [0.1, 0.15) is 0 Å². The van der Waals surface area contributed by atoms with E-state index < -0.39 is 5.97 Å². The van der Waals surface area contributed by atoms with E-state index in [1.807, 2.05) is 14.1 Å². The van der Waals surface area contributed by atoms with Crippen molar-refractivity contribution in [1.82, 2.24) is 4.90 Å². The zero-order valence-corrected chi connectivity index (χ0v) is 15.9. The molecule has 0 bridgehead atoms. The molecule has 1 heterocycles. The molecule has 1 atom stereocenters. The lowest BCUT2D eigenvalue weighted by atomic mass is 9.91. The van der Waals surface area contributed by atoms with Crippen LogP contribution in [0, 0.1) is 12.8 Å². The zero-order valence-electron chi connectivity index (χ0n) is 15.9. The summed E-state index contributed by atoms with van der Waals surface area (Å²) < 4.78 is 0. The van der Waals surface area contributed by atoms with Crippen LogP contribution in [0.25, 0.3) is 0 Å². The molecule has 4 nitrogen and oxygen atoms in total. The molecule has 2 aromatic carbocycles. The average molecular weight is 352 g/mol. The highest BCUT2D eigenvalue weighted by Crippen LogP contribution is 2.33. The lowest BCUT2D eigenvalue weighted by molar-refractivity contribution is -0.143. The Morgan fingerprint density at radius 1 is 1.08 bits per heavy atom. The Hall–Kier alpha value is -2.33. The third-order valence-corrected chi connectivity index (χ3v) is 5.33. The molecule has 4 heteroatoms. The smallest absolute Gasteiger partial charge is 0.306 e. The number of nitrogens with zero attached hydrogens (tertiary/aromatic N) is 2. The third-order valence-electron chi connectivity index (χ3n) is 5.33. The first-order valence-corrected chi connectivity index (χ1v) is 9.26. The number of benzene rings is 2. The van der Waals surface area contributed by atoms with Crippen molar-refractivity contribution in [2.45, 2.75) is 25.8 Å². The SMILES string of the molecule is Cc1cccc(C(c2ccc(N(C)C)cc2)N2CCC(C(=O)O)CC2)c1. The monoisotopic (exact) mass is 352 g/mol. The average Bonchev–Trinajstić information content (AvgIpc) is 2.63. The zero-order chi connectivity index (χ0) is 18.7. The van der Waals surface area contributed by atoms with E-state index in [0.717, 1.165) is 13.1 Å². The van der Waals surface area contributed by atoms with E-state index in [-0.39, 0.29) is 12.0 Å². The second-order valence-corrected chi connectivity index (χ2v) is 7.45. The number of hydrogen-bond donors (Lipinski definition) is 1. The summed E-state index contributed by atoms with van der Waals surface area (Å²) in [6.45, 7) is 3.74. The van der Waals surface area contributed by atoms with Crippen molar-refractivity contribution in [2.75, 3.05) is 32.1 Å². The summed E-state index contributed by atoms with van der Waals surface area (Å²) >= 11 is 0. The summed E-state index contributed by atoms with van der Waals surface area (Å²) in [5.41, 5.74) is 4.96. The Kier molecular flexibility index (Phi) is 5.62. The predicted octanol–water partition coefficient (Wildman–Crippen LogP) is 3.95. The number of anilines is 1. The molecule has 3 rings (SSSR count). The summed E-state index contributed by atoms with van der Waals surface area (Å²) in [5, 5.41) is 9.29. The fraction of sp³-hybridized carbons (Fsp3) is 0.409. The quantitative estimate of drug-likeness (QED) is 0.885. The molecule has 138 valence electrons. The predicted molar refractivity (Wildman–Crippen MR) is 106 cm³/mol. The maximum atomic E-state index is 11.3. The molecule has 2 aromatic rings. The van der Waals surface area contributed by atoms with Gasteiger partial charge in [-0.05, 0) is 56.1 Å². The van der Waals surface area contributed by atoms with Crippen molar-refractivity contribution >= 4 is 11.7 Å². The van der Waals surface area contributed by atoms with Gasteiger partial charge in [-0.15, -0.1) is 0 Å². The first-order chi connectivity index (χ1) is 12.5. The standard InChI is InChI=1S/C22H28N2O2/c1-16-5-4-6-19(15-16)21(17-7-9-20(10-8-17)23(2)3)24-13-11-18(12-14-24)22(25)26/h4-10,15,18,21H,11-14H2,1-3H3,(H,25,26). The minimum absolute atomic E-state index is 0.167. The van der Waals surface area contributed by atoms with Crippen molar-refractivity contribution in [3.63, 3.8) is 0 Å². The van der Waals surface area contributed by atoms with Gasteiger partial charge in [-0.25, -0.2) is 0 Å². The van der Waals surface area contributed by atoms with Crippen LogP contribution in [-0.2, 0) is 4.79 Å². The molecular weight excluding hydrogens is 324 g/mol. The number of aryl methyl sites for hydroxylation is 1. The summed E-state index contributed by atoms with van der Waals surface area (Å²) in [4.78, 5) is 15.8. The van der Waals surface area contributed by atoms with Crippen LogP contribution in [0.1, 0.15) is 35.6 Å². The summed E-state index contributed by atoms with van der Waals surface area (Å²) in [6, 6.07) is 17.5. The normalized spacial score (nSPS) is 17.0. The van der Waals surface area contributed by atoms with Crippen LogP contribution < -0.4 is 4.90 Å². The Balaban J connectivity index is 1.91. The lowest BCUT2D eigenvalue weighted by Gasteiger charge is -2.37. The van der Waals surface area contributed by atoms with E-state index in [1.54, 1.807) is 0 Å². The summed E-state index contributed by atoms with van der Waals surface area (Å²) in [7, 11) is 4.09. The van der Waals surface area contributed by atoms with Gasteiger partial charge in [0.15, 0.2) is 0 Å². The van der Waals surface area contributed by atoms with E-state index in [1.165, 1.54) is 22.4 Å². The molecule has 0 spiro atoms. The number of carboxylic acid groups (broad SMARTS) is 1. The van der Waals surface area contributed by atoms with Crippen molar-refractivity contribution in [3.05, 3.63) is 65.2 Å². The molecule has 0 aliphatic carbocycles. The lowest BCUT2D eigenvalue weighted by Crippen LogP contribution is -2.39. The van der Waals surface area contributed by atoms with Crippen molar-refractivity contribution < 1.29 is 9.90 Å². The Bertz CT molecular complexity index is 747. The topological polar surface area (TPSA) is 43.8 Å². The molecule has 26 heavy (non-hydrogen) atoms. The van der Waals surface area contributed by atoms with E-state index in [4.69, 9.17) is 0 Å². The fourth-order valence-electron chi connectivity index (χ4n) is 3.81. The Labute approximate surface area is 156 Å². The van der Waals surface area contributed by atoms with Gasteiger partial charge in [-0.1, -0.05) is 42.0 Å². The molecule has 0 aromatic heterocycles. The highest BCUT2D eigenvalue weighted by Gasteiger charge is 2.30. The highest BCUT2D eigenvalue weighted by molar-refractivity contribution is 5.70. The van der Waals surface area contributed by atoms with Gasteiger partial charge in [0.05, 0.1) is 12.0 Å². The van der Waals surface area contributed by atoms with Crippen LogP contribution in [0.3, 0.4) is 0 Å². The molecule has 1 saturated heterocycles. The van der Waals surface area contributed by atoms with Gasteiger partial charge in [-0.3, -0.25) is 9.69 Å². The molecule has 0 amide bonds. The molecule has 1 unspecified atom stereocenters. The Morgan fingerprint density at radius 3 is 2.27 bits per heavy atom. The third kappa shape index (κ3) is 4.07. The van der Waals surface area contributed by atoms with Crippen LogP contribution in [-0.4, -0.2) is 43.2 Å². The van der Waals surface area contributed by atoms with E-state index >= 15 is 0 Å². The fourth-order valence-corrected chi connectivity index (χ4v) is 3.81. The first-order valence-electron chi connectivity index (χ1n) is 9.26. The van der Waals surface area contributed by atoms with Gasteiger partial charge in [0.2, 0.25) is 0 Å². The van der Waals surface area contributed by atoms with Crippen LogP contribution in [0.15, 0.2) is 48.5 Å². The Morgan fingerprint density at radius 2 is 1.73 bits per heavy atom. The molecule has 1 aliphatic heterocycles. The summed E-state index contributed by atoms with van der Waals surface area (Å²) in [5.74, 6) is -0.868. The maximum Gasteiger partial charge on any atom is 0.306 e. The van der Waals surface area contributed by atoms with Crippen molar-refractivity contribution in [3.8, 4) is 0 Å². The number of carboxylic acids is 1. The minimum atomic E-state index is -0.660. The largest absolute Gasteiger partial charge is 0.481 e. The number of carbonyl (C=O) groups is 1. The van der Waals surface area contributed by atoms with Gasteiger partial charge < -0.3 is 10.0 Å². The maximum absolute atomic E-state index is 11.3. The molecule has 0 saturated carbocycles. The van der Waals surface area contributed by atoms with Gasteiger partial charge >= 0.3 is 5.97 Å². The molecule has 1 fully saturated rings. The van der Waals surface area contributed by atoms with Crippen LogP contribution in [0.2, 0.25) is 0 Å². The number of hydrogen-bond acceptors (Lipinski definition) is 3. The van der Waals surface area contributed by atoms with Crippen molar-refractivity contribution in [1.29, 1.82) is 0 Å². The van der Waals surface area contributed by atoms with E-state index in [9.17, 15) is 9.90 Å². The highest BCUT2D eigenvalue weighted by atomic mass is 16.4. The van der Waals surface area contributed by atoms with Crippen LogP contribution in [0.5, 0.6) is 0 Å². The van der Waals surface area contributed by atoms with E-state index in [0.29, 0.717) is 12.8 Å². The van der Waals surface area contributed by atoms with Gasteiger partial charge in [-0.2, -0.15) is 0 Å². The van der Waals surface area contributed by atoms with Crippen molar-refractivity contribution in [2.24, 2.45) is 5.92 Å². The number of likely N-dealkylation sites (tertiary alicyclic amines) is 1. The molecule has 0 radical (unpaired) electrons. The van der Waals surface area contributed by atoms with Crippen LogP contribution >= 0.6 is 0 Å². The second-order valence-electron chi connectivity index (χ2n) is 7.45. The van der Waals surface area contributed by atoms with E-state index in [2.05, 4.69) is 65.3 Å².